The molecule has 0 spiro atoms. The molecule has 4 heteroatoms. The van der Waals surface area contributed by atoms with E-state index in [9.17, 15) is 0 Å². The number of nitrogens with zero attached hydrogens (tertiary/aromatic N) is 2. The molecule has 1 heterocycles. The van der Waals surface area contributed by atoms with Crippen molar-refractivity contribution < 1.29 is 4.42 Å². The van der Waals surface area contributed by atoms with Crippen LogP contribution in [0.15, 0.2) is 10.8 Å². The van der Waals surface area contributed by atoms with Gasteiger partial charge in [0, 0.05) is 6.04 Å². The maximum Gasteiger partial charge on any atom is 0.315 e. The van der Waals surface area contributed by atoms with Crippen molar-refractivity contribution >= 4 is 6.01 Å². The molecule has 1 atom stereocenters. The summed E-state index contributed by atoms with van der Waals surface area (Å²) in [7, 11) is 0. The van der Waals surface area contributed by atoms with E-state index < -0.39 is 0 Å². The Hall–Kier alpha value is -1.06. The average Bonchev–Trinajstić information content (AvgIpc) is 2.39. The van der Waals surface area contributed by atoms with Crippen molar-refractivity contribution in [1.29, 1.82) is 0 Å². The highest BCUT2D eigenvalue weighted by Gasteiger charge is 2.08. The second kappa shape index (κ2) is 3.37. The second-order valence-corrected chi connectivity index (χ2v) is 2.92. The summed E-state index contributed by atoms with van der Waals surface area (Å²) in [6.07, 6.45) is 1.31. The lowest BCUT2D eigenvalue weighted by Gasteiger charge is -2.14. The van der Waals surface area contributed by atoms with Crippen molar-refractivity contribution in [3.8, 4) is 0 Å². The van der Waals surface area contributed by atoms with Gasteiger partial charge in [-0.05, 0) is 12.8 Å². The van der Waals surface area contributed by atoms with Crippen LogP contribution in [0.5, 0.6) is 0 Å². The summed E-state index contributed by atoms with van der Waals surface area (Å²) in [4.78, 5) is 0. The predicted molar refractivity (Wildman–Crippen MR) is 42.2 cm³/mol. The molecule has 0 aliphatic heterocycles. The lowest BCUT2D eigenvalue weighted by Crippen LogP contribution is -2.21. The van der Waals surface area contributed by atoms with Gasteiger partial charge in [-0.15, -0.1) is 5.10 Å². The minimum Gasteiger partial charge on any atom is -0.411 e. The van der Waals surface area contributed by atoms with Crippen molar-refractivity contribution in [2.75, 3.05) is 5.32 Å². The molecule has 0 saturated carbocycles. The summed E-state index contributed by atoms with van der Waals surface area (Å²) >= 11 is 0. The molecule has 1 aromatic heterocycles. The van der Waals surface area contributed by atoms with Gasteiger partial charge in [0.1, 0.15) is 0 Å². The lowest BCUT2D eigenvalue weighted by atomic mass is 10.1. The van der Waals surface area contributed by atoms with E-state index in [2.05, 4.69) is 36.3 Å². The monoisotopic (exact) mass is 155 g/mol. The molecule has 0 aliphatic carbocycles. The van der Waals surface area contributed by atoms with Gasteiger partial charge in [0.25, 0.3) is 0 Å². The van der Waals surface area contributed by atoms with Crippen LogP contribution < -0.4 is 5.32 Å². The highest BCUT2D eigenvalue weighted by Crippen LogP contribution is 2.07. The number of anilines is 1. The predicted octanol–water partition coefficient (Wildman–Crippen LogP) is 1.53. The van der Waals surface area contributed by atoms with E-state index in [1.54, 1.807) is 0 Å². The standard InChI is InChI=1S/C7H13N3O/c1-5(2)6(3)9-7-10-8-4-11-7/h4-6H,1-3H3,(H,9,10). The highest BCUT2D eigenvalue weighted by atomic mass is 16.4. The van der Waals surface area contributed by atoms with Crippen LogP contribution in [0.3, 0.4) is 0 Å². The van der Waals surface area contributed by atoms with Crippen LogP contribution in [-0.4, -0.2) is 16.2 Å². The molecule has 0 amide bonds. The zero-order valence-electron chi connectivity index (χ0n) is 7.03. The maximum atomic E-state index is 4.92. The molecule has 0 bridgehead atoms. The molecule has 62 valence electrons. The van der Waals surface area contributed by atoms with Gasteiger partial charge in [-0.3, -0.25) is 0 Å². The third-order valence-corrected chi connectivity index (χ3v) is 1.71. The largest absolute Gasteiger partial charge is 0.411 e. The number of hydrogen-bond acceptors (Lipinski definition) is 4. The van der Waals surface area contributed by atoms with Gasteiger partial charge in [-0.25, -0.2) is 0 Å². The molecular formula is C7H13N3O. The van der Waals surface area contributed by atoms with E-state index in [0.717, 1.165) is 0 Å². The first-order chi connectivity index (χ1) is 5.20. The van der Waals surface area contributed by atoms with Crippen LogP contribution in [0.2, 0.25) is 0 Å². The SMILES string of the molecule is CC(C)C(C)Nc1nnco1. The Balaban J connectivity index is 2.43. The van der Waals surface area contributed by atoms with Gasteiger partial charge in [-0.1, -0.05) is 18.9 Å². The molecule has 4 nitrogen and oxygen atoms in total. The van der Waals surface area contributed by atoms with Crippen molar-refractivity contribution in [2.24, 2.45) is 5.92 Å². The maximum absolute atomic E-state index is 4.92. The Morgan fingerprint density at radius 2 is 2.18 bits per heavy atom. The highest BCUT2D eigenvalue weighted by molar-refractivity contribution is 5.17. The zero-order valence-corrected chi connectivity index (χ0v) is 7.03. The molecule has 11 heavy (non-hydrogen) atoms. The van der Waals surface area contributed by atoms with Crippen molar-refractivity contribution in [3.63, 3.8) is 0 Å². The summed E-state index contributed by atoms with van der Waals surface area (Å²) in [6.45, 7) is 6.34. The van der Waals surface area contributed by atoms with Crippen LogP contribution in [0, 0.1) is 5.92 Å². The smallest absolute Gasteiger partial charge is 0.315 e. The summed E-state index contributed by atoms with van der Waals surface area (Å²) in [5.74, 6) is 0.557. The van der Waals surface area contributed by atoms with Crippen LogP contribution in [-0.2, 0) is 0 Å². The van der Waals surface area contributed by atoms with Gasteiger partial charge in [0.05, 0.1) is 0 Å². The van der Waals surface area contributed by atoms with E-state index >= 15 is 0 Å². The molecule has 0 aromatic carbocycles. The van der Waals surface area contributed by atoms with Gasteiger partial charge in [0.15, 0.2) is 0 Å². The fourth-order valence-electron chi connectivity index (χ4n) is 0.597. The molecule has 1 N–H and O–H groups in total. The minimum absolute atomic E-state index is 0.357. The molecular weight excluding hydrogens is 142 g/mol. The van der Waals surface area contributed by atoms with E-state index in [1.807, 2.05) is 0 Å². The van der Waals surface area contributed by atoms with E-state index in [0.29, 0.717) is 18.0 Å². The average molecular weight is 155 g/mol. The van der Waals surface area contributed by atoms with Crippen molar-refractivity contribution in [2.45, 2.75) is 26.8 Å². The minimum atomic E-state index is 0.357. The third kappa shape index (κ3) is 2.22. The van der Waals surface area contributed by atoms with Gasteiger partial charge < -0.3 is 9.73 Å². The van der Waals surface area contributed by atoms with E-state index in [1.165, 1.54) is 6.39 Å². The molecule has 1 aromatic rings. The summed E-state index contributed by atoms with van der Waals surface area (Å²) in [5.41, 5.74) is 0. The van der Waals surface area contributed by atoms with Gasteiger partial charge >= 0.3 is 6.01 Å². The Labute approximate surface area is 66.0 Å². The van der Waals surface area contributed by atoms with Crippen molar-refractivity contribution in [1.82, 2.24) is 10.2 Å². The normalized spacial score (nSPS) is 13.5. The second-order valence-electron chi connectivity index (χ2n) is 2.92. The Morgan fingerprint density at radius 1 is 1.45 bits per heavy atom. The fraction of sp³-hybridized carbons (Fsp3) is 0.714. The molecule has 0 saturated heterocycles. The van der Waals surface area contributed by atoms with Crippen LogP contribution in [0.25, 0.3) is 0 Å². The first-order valence-corrected chi connectivity index (χ1v) is 3.73. The first-order valence-electron chi connectivity index (χ1n) is 3.73. The van der Waals surface area contributed by atoms with E-state index in [4.69, 9.17) is 4.42 Å². The van der Waals surface area contributed by atoms with Gasteiger partial charge in [0.2, 0.25) is 6.39 Å². The van der Waals surface area contributed by atoms with Crippen LogP contribution in [0.4, 0.5) is 6.01 Å². The zero-order chi connectivity index (χ0) is 8.27. The van der Waals surface area contributed by atoms with Crippen LogP contribution in [0.1, 0.15) is 20.8 Å². The number of rotatable bonds is 3. The van der Waals surface area contributed by atoms with Crippen molar-refractivity contribution in [3.05, 3.63) is 6.39 Å². The topological polar surface area (TPSA) is 51.0 Å². The molecule has 1 unspecified atom stereocenters. The Kier molecular flexibility index (Phi) is 2.46. The number of hydrogen-bond donors (Lipinski definition) is 1. The molecule has 0 radical (unpaired) electrons. The summed E-state index contributed by atoms with van der Waals surface area (Å²) in [6, 6.07) is 0.849. The number of aromatic nitrogens is 2. The summed E-state index contributed by atoms with van der Waals surface area (Å²) in [5, 5.41) is 10.3. The molecule has 1 rings (SSSR count). The fourth-order valence-corrected chi connectivity index (χ4v) is 0.597. The summed E-state index contributed by atoms with van der Waals surface area (Å²) < 4.78 is 4.92. The van der Waals surface area contributed by atoms with Crippen LogP contribution >= 0.6 is 0 Å². The molecule has 0 aliphatic rings. The number of nitrogens with one attached hydrogen (secondary N) is 1. The Bertz CT molecular complexity index is 195. The van der Waals surface area contributed by atoms with Gasteiger partial charge in [-0.2, -0.15) is 0 Å². The third-order valence-electron chi connectivity index (χ3n) is 1.71. The van der Waals surface area contributed by atoms with E-state index in [-0.39, 0.29) is 0 Å². The quantitative estimate of drug-likeness (QED) is 0.719. The first kappa shape index (κ1) is 8.04. The molecule has 0 fully saturated rings. The Morgan fingerprint density at radius 3 is 2.64 bits per heavy atom. The lowest BCUT2D eigenvalue weighted by molar-refractivity contribution is 0.513.